The van der Waals surface area contributed by atoms with Crippen molar-refractivity contribution < 1.29 is 19.0 Å². The zero-order chi connectivity index (χ0) is 19.2. The minimum Gasteiger partial charge on any atom is -0.497 e. The van der Waals surface area contributed by atoms with E-state index in [1.54, 1.807) is 13.4 Å². The highest BCUT2D eigenvalue weighted by Gasteiger charge is 2.26. The predicted molar refractivity (Wildman–Crippen MR) is 101 cm³/mol. The molecule has 7 heteroatoms. The molecule has 3 rings (SSSR count). The lowest BCUT2D eigenvalue weighted by Crippen LogP contribution is -2.28. The highest BCUT2D eigenvalue weighted by molar-refractivity contribution is 5.93. The summed E-state index contributed by atoms with van der Waals surface area (Å²) in [5, 5.41) is 2.90. The van der Waals surface area contributed by atoms with E-state index >= 15 is 0 Å². The summed E-state index contributed by atoms with van der Waals surface area (Å²) in [5.41, 5.74) is 2.33. The number of rotatable bonds is 8. The number of nitrogens with zero attached hydrogens (tertiary/aromatic N) is 2. The highest BCUT2D eigenvalue weighted by Crippen LogP contribution is 2.28. The van der Waals surface area contributed by atoms with Crippen LogP contribution in [0.5, 0.6) is 5.75 Å². The van der Waals surface area contributed by atoms with Crippen LogP contribution in [0.2, 0.25) is 0 Å². The van der Waals surface area contributed by atoms with Gasteiger partial charge in [-0.1, -0.05) is 12.1 Å². The Labute approximate surface area is 159 Å². The third kappa shape index (κ3) is 4.87. The molecule has 0 spiro atoms. The maximum absolute atomic E-state index is 12.4. The zero-order valence-corrected chi connectivity index (χ0v) is 16.1. The molecule has 1 unspecified atom stereocenters. The number of imidazole rings is 1. The number of benzene rings is 1. The first-order valence-electron chi connectivity index (χ1n) is 9.28. The molecule has 0 bridgehead atoms. The first-order chi connectivity index (χ1) is 13.1. The molecule has 1 aliphatic heterocycles. The van der Waals surface area contributed by atoms with Crippen LogP contribution in [-0.4, -0.2) is 41.8 Å². The Balaban J connectivity index is 1.56. The molecule has 2 aromatic rings. The van der Waals surface area contributed by atoms with Gasteiger partial charge in [0.05, 0.1) is 38.4 Å². The van der Waals surface area contributed by atoms with Gasteiger partial charge in [0.2, 0.25) is 0 Å². The lowest BCUT2D eigenvalue weighted by Gasteiger charge is -2.25. The fourth-order valence-corrected chi connectivity index (χ4v) is 3.01. The number of hydrogen-bond donors (Lipinski definition) is 1. The fourth-order valence-electron chi connectivity index (χ4n) is 3.01. The standard InChI is InChI=1S/C20H27N3O4/c1-14(2)26-10-4-9-21-20(24)19-17-12-27-18(11-23(17)13-22-19)15-5-7-16(25-3)8-6-15/h5-8,13-14,18H,4,9-12H2,1-3H3,(H,21,24). The molecule has 1 aromatic carbocycles. The number of ether oxygens (including phenoxy) is 3. The van der Waals surface area contributed by atoms with Crippen molar-refractivity contribution in [2.24, 2.45) is 0 Å². The SMILES string of the molecule is COc1ccc(C2Cn3cnc(C(=O)NCCCOC(C)C)c3CO2)cc1. The number of methoxy groups -OCH3 is 1. The molecular formula is C20H27N3O4. The van der Waals surface area contributed by atoms with Gasteiger partial charge in [-0.15, -0.1) is 0 Å². The van der Waals surface area contributed by atoms with Crippen molar-refractivity contribution in [2.75, 3.05) is 20.3 Å². The largest absolute Gasteiger partial charge is 0.497 e. The summed E-state index contributed by atoms with van der Waals surface area (Å²) in [6, 6.07) is 7.84. The van der Waals surface area contributed by atoms with Gasteiger partial charge in [0.25, 0.3) is 5.91 Å². The summed E-state index contributed by atoms with van der Waals surface area (Å²) >= 11 is 0. The van der Waals surface area contributed by atoms with Gasteiger partial charge in [-0.05, 0) is 38.0 Å². The minimum absolute atomic E-state index is 0.0679. The Bertz CT molecular complexity index is 755. The number of amides is 1. The van der Waals surface area contributed by atoms with Gasteiger partial charge in [0, 0.05) is 13.2 Å². The van der Waals surface area contributed by atoms with Crippen LogP contribution in [0.4, 0.5) is 0 Å². The number of fused-ring (bicyclic) bond motifs is 1. The number of nitrogens with one attached hydrogen (secondary N) is 1. The van der Waals surface area contributed by atoms with Crippen LogP contribution >= 0.6 is 0 Å². The molecule has 7 nitrogen and oxygen atoms in total. The van der Waals surface area contributed by atoms with Crippen LogP contribution in [-0.2, 0) is 22.6 Å². The van der Waals surface area contributed by atoms with Gasteiger partial charge >= 0.3 is 0 Å². The number of hydrogen-bond acceptors (Lipinski definition) is 5. The van der Waals surface area contributed by atoms with Crippen molar-refractivity contribution in [3.8, 4) is 5.75 Å². The van der Waals surface area contributed by atoms with E-state index in [2.05, 4.69) is 10.3 Å². The van der Waals surface area contributed by atoms with Gasteiger partial charge in [0.1, 0.15) is 11.9 Å². The summed E-state index contributed by atoms with van der Waals surface area (Å²) in [4.78, 5) is 16.7. The Morgan fingerprint density at radius 1 is 1.37 bits per heavy atom. The molecule has 0 fully saturated rings. The molecule has 0 radical (unpaired) electrons. The van der Waals surface area contributed by atoms with Crippen LogP contribution in [0.25, 0.3) is 0 Å². The normalized spacial score (nSPS) is 16.2. The second-order valence-corrected chi connectivity index (χ2v) is 6.79. The molecular weight excluding hydrogens is 346 g/mol. The van der Waals surface area contributed by atoms with E-state index in [-0.39, 0.29) is 18.1 Å². The van der Waals surface area contributed by atoms with Crippen LogP contribution < -0.4 is 10.1 Å². The Hall–Kier alpha value is -2.38. The van der Waals surface area contributed by atoms with E-state index in [9.17, 15) is 4.79 Å². The lowest BCUT2D eigenvalue weighted by atomic mass is 10.1. The molecule has 27 heavy (non-hydrogen) atoms. The van der Waals surface area contributed by atoms with Crippen molar-refractivity contribution in [2.45, 2.75) is 45.6 Å². The average Bonchev–Trinajstić information content (AvgIpc) is 3.10. The second-order valence-electron chi connectivity index (χ2n) is 6.79. The topological polar surface area (TPSA) is 74.6 Å². The Morgan fingerprint density at radius 2 is 2.15 bits per heavy atom. The van der Waals surface area contributed by atoms with Gasteiger partial charge < -0.3 is 24.1 Å². The van der Waals surface area contributed by atoms with E-state index in [1.807, 2.05) is 42.7 Å². The van der Waals surface area contributed by atoms with Gasteiger partial charge in [-0.25, -0.2) is 4.98 Å². The van der Waals surface area contributed by atoms with Gasteiger partial charge in [-0.2, -0.15) is 0 Å². The maximum Gasteiger partial charge on any atom is 0.271 e. The predicted octanol–water partition coefficient (Wildman–Crippen LogP) is 2.71. The molecule has 1 atom stereocenters. The van der Waals surface area contributed by atoms with Crippen LogP contribution in [0, 0.1) is 0 Å². The van der Waals surface area contributed by atoms with E-state index < -0.39 is 0 Å². The van der Waals surface area contributed by atoms with E-state index in [0.29, 0.717) is 32.0 Å². The summed E-state index contributed by atoms with van der Waals surface area (Å²) in [5.74, 6) is 0.649. The van der Waals surface area contributed by atoms with E-state index in [1.165, 1.54) is 0 Å². The molecule has 2 heterocycles. The first kappa shape index (κ1) is 19.4. The number of aromatic nitrogens is 2. The van der Waals surface area contributed by atoms with Crippen molar-refractivity contribution >= 4 is 5.91 Å². The molecule has 146 valence electrons. The van der Waals surface area contributed by atoms with Crippen molar-refractivity contribution in [3.63, 3.8) is 0 Å². The van der Waals surface area contributed by atoms with Crippen LogP contribution in [0.3, 0.4) is 0 Å². The summed E-state index contributed by atoms with van der Waals surface area (Å²) in [7, 11) is 1.65. The van der Waals surface area contributed by atoms with Crippen LogP contribution in [0.15, 0.2) is 30.6 Å². The fraction of sp³-hybridized carbons (Fsp3) is 0.500. The van der Waals surface area contributed by atoms with Crippen molar-refractivity contribution in [3.05, 3.63) is 47.5 Å². The van der Waals surface area contributed by atoms with Crippen LogP contribution in [0.1, 0.15) is 48.1 Å². The summed E-state index contributed by atoms with van der Waals surface area (Å²) < 4.78 is 18.6. The molecule has 1 N–H and O–H groups in total. The van der Waals surface area contributed by atoms with Crippen molar-refractivity contribution in [1.29, 1.82) is 0 Å². The van der Waals surface area contributed by atoms with Gasteiger partial charge in [-0.3, -0.25) is 4.79 Å². The third-order valence-electron chi connectivity index (χ3n) is 4.49. The zero-order valence-electron chi connectivity index (χ0n) is 16.1. The average molecular weight is 373 g/mol. The summed E-state index contributed by atoms with van der Waals surface area (Å²) in [6.07, 6.45) is 2.62. The smallest absolute Gasteiger partial charge is 0.271 e. The Kier molecular flexibility index (Phi) is 6.47. The van der Waals surface area contributed by atoms with E-state index in [4.69, 9.17) is 14.2 Å². The first-order valence-corrected chi connectivity index (χ1v) is 9.28. The minimum atomic E-state index is -0.167. The third-order valence-corrected chi connectivity index (χ3v) is 4.49. The monoisotopic (exact) mass is 373 g/mol. The number of carbonyl (C=O) groups excluding carboxylic acids is 1. The maximum atomic E-state index is 12.4. The Morgan fingerprint density at radius 3 is 2.85 bits per heavy atom. The van der Waals surface area contributed by atoms with Gasteiger partial charge in [0.15, 0.2) is 5.69 Å². The quantitative estimate of drug-likeness (QED) is 0.720. The van der Waals surface area contributed by atoms with E-state index in [0.717, 1.165) is 23.4 Å². The highest BCUT2D eigenvalue weighted by atomic mass is 16.5. The summed E-state index contributed by atoms with van der Waals surface area (Å²) in [6.45, 7) is 6.17. The molecule has 0 saturated heterocycles. The molecule has 1 aliphatic rings. The molecule has 0 saturated carbocycles. The molecule has 0 aliphatic carbocycles. The van der Waals surface area contributed by atoms with Crippen molar-refractivity contribution in [1.82, 2.24) is 14.9 Å². The number of carbonyl (C=O) groups is 1. The molecule has 1 amide bonds. The lowest BCUT2D eigenvalue weighted by molar-refractivity contribution is 0.00255. The molecule has 1 aromatic heterocycles. The second kappa shape index (κ2) is 9.01.